The van der Waals surface area contributed by atoms with Crippen LogP contribution in [0.25, 0.3) is 11.3 Å². The lowest BCUT2D eigenvalue weighted by atomic mass is 10.2. The largest absolute Gasteiger partial charge is 0.451 e. The van der Waals surface area contributed by atoms with Crippen LogP contribution < -0.4 is 5.32 Å². The van der Waals surface area contributed by atoms with Crippen molar-refractivity contribution >= 4 is 28.9 Å². The van der Waals surface area contributed by atoms with Crippen molar-refractivity contribution in [2.45, 2.75) is 0 Å². The quantitative estimate of drug-likeness (QED) is 0.547. The molecule has 0 bridgehead atoms. The zero-order valence-corrected chi connectivity index (χ0v) is 13.0. The Balaban J connectivity index is 1.76. The lowest BCUT2D eigenvalue weighted by molar-refractivity contribution is -0.384. The van der Waals surface area contributed by atoms with Crippen LogP contribution in [-0.2, 0) is 0 Å². The predicted molar refractivity (Wildman–Crippen MR) is 90.2 cm³/mol. The number of halogens is 1. The summed E-state index contributed by atoms with van der Waals surface area (Å²) in [6, 6.07) is 15.9. The third-order valence-electron chi connectivity index (χ3n) is 3.31. The van der Waals surface area contributed by atoms with E-state index in [9.17, 15) is 14.9 Å². The number of amides is 1. The molecule has 3 aromatic rings. The van der Waals surface area contributed by atoms with Crippen LogP contribution in [0.15, 0.2) is 65.1 Å². The van der Waals surface area contributed by atoms with E-state index in [0.717, 1.165) is 0 Å². The average Bonchev–Trinajstić information content (AvgIpc) is 3.05. The Kier molecular flexibility index (Phi) is 4.31. The smallest absolute Gasteiger partial charge is 0.291 e. The number of nitro benzene ring substituents is 1. The molecule has 1 N–H and O–H groups in total. The molecule has 0 spiro atoms. The maximum atomic E-state index is 12.2. The number of hydrogen-bond acceptors (Lipinski definition) is 4. The Bertz CT molecular complexity index is 903. The SMILES string of the molecule is O=C(Nc1ccc([N+](=O)[O-])cc1)c1ccc(-c2ccccc2Cl)o1. The number of benzene rings is 2. The standard InChI is InChI=1S/C17H11ClN2O4/c18-14-4-2-1-3-13(14)15-9-10-16(24-15)17(21)19-11-5-7-12(8-6-11)20(22)23/h1-10H,(H,19,21). The predicted octanol–water partition coefficient (Wildman–Crippen LogP) is 4.76. The fourth-order valence-electron chi connectivity index (χ4n) is 2.12. The highest BCUT2D eigenvalue weighted by atomic mass is 35.5. The molecule has 0 unspecified atom stereocenters. The first-order valence-electron chi connectivity index (χ1n) is 6.95. The Labute approximate surface area is 141 Å². The summed E-state index contributed by atoms with van der Waals surface area (Å²) >= 11 is 6.10. The number of carbonyl (C=O) groups excluding carboxylic acids is 1. The average molecular weight is 343 g/mol. The highest BCUT2D eigenvalue weighted by Gasteiger charge is 2.14. The van der Waals surface area contributed by atoms with Gasteiger partial charge in [0, 0.05) is 23.4 Å². The molecule has 1 heterocycles. The Morgan fingerprint density at radius 2 is 1.75 bits per heavy atom. The number of furan rings is 1. The van der Waals surface area contributed by atoms with Gasteiger partial charge in [0.2, 0.25) is 0 Å². The summed E-state index contributed by atoms with van der Waals surface area (Å²) in [4.78, 5) is 22.3. The Morgan fingerprint density at radius 3 is 2.42 bits per heavy atom. The minimum absolute atomic E-state index is 0.0491. The van der Waals surface area contributed by atoms with Crippen molar-refractivity contribution in [1.29, 1.82) is 0 Å². The minimum atomic E-state index is -0.506. The van der Waals surface area contributed by atoms with Crippen molar-refractivity contribution in [1.82, 2.24) is 0 Å². The van der Waals surface area contributed by atoms with Crippen LogP contribution in [0.1, 0.15) is 10.6 Å². The van der Waals surface area contributed by atoms with Gasteiger partial charge in [-0.15, -0.1) is 0 Å². The molecule has 0 aliphatic carbocycles. The maximum absolute atomic E-state index is 12.2. The van der Waals surface area contributed by atoms with Crippen LogP contribution in [0.4, 0.5) is 11.4 Å². The monoisotopic (exact) mass is 342 g/mol. The van der Waals surface area contributed by atoms with Gasteiger partial charge < -0.3 is 9.73 Å². The molecule has 0 aliphatic heterocycles. The van der Waals surface area contributed by atoms with Gasteiger partial charge >= 0.3 is 0 Å². The molecule has 0 radical (unpaired) electrons. The van der Waals surface area contributed by atoms with Crippen LogP contribution >= 0.6 is 11.6 Å². The molecule has 0 aliphatic rings. The molecule has 0 atom stereocenters. The topological polar surface area (TPSA) is 85.4 Å². The second-order valence-electron chi connectivity index (χ2n) is 4.90. The fraction of sp³-hybridized carbons (Fsp3) is 0. The van der Waals surface area contributed by atoms with Gasteiger partial charge in [-0.05, 0) is 36.4 Å². The number of anilines is 1. The second kappa shape index (κ2) is 6.55. The van der Waals surface area contributed by atoms with E-state index >= 15 is 0 Å². The summed E-state index contributed by atoms with van der Waals surface area (Å²) in [5.74, 6) is 0.139. The Hall–Kier alpha value is -3.12. The normalized spacial score (nSPS) is 10.4. The first kappa shape index (κ1) is 15.8. The molecular weight excluding hydrogens is 332 g/mol. The van der Waals surface area contributed by atoms with Gasteiger partial charge in [0.1, 0.15) is 5.76 Å². The van der Waals surface area contributed by atoms with Gasteiger partial charge in [-0.2, -0.15) is 0 Å². The summed E-state index contributed by atoms with van der Waals surface area (Å²) in [7, 11) is 0. The van der Waals surface area contributed by atoms with Gasteiger partial charge in [-0.25, -0.2) is 0 Å². The number of nitrogens with one attached hydrogen (secondary N) is 1. The molecule has 6 nitrogen and oxygen atoms in total. The molecule has 0 fully saturated rings. The van der Waals surface area contributed by atoms with Gasteiger partial charge in [-0.3, -0.25) is 14.9 Å². The molecule has 1 amide bonds. The van der Waals surface area contributed by atoms with Gasteiger partial charge in [0.25, 0.3) is 11.6 Å². The van der Waals surface area contributed by atoms with E-state index < -0.39 is 10.8 Å². The fourth-order valence-corrected chi connectivity index (χ4v) is 2.35. The summed E-state index contributed by atoms with van der Waals surface area (Å²) < 4.78 is 5.54. The molecule has 7 heteroatoms. The van der Waals surface area contributed by atoms with E-state index in [1.165, 1.54) is 24.3 Å². The summed E-state index contributed by atoms with van der Waals surface area (Å²) in [6.07, 6.45) is 0. The third-order valence-corrected chi connectivity index (χ3v) is 3.63. The van der Waals surface area contributed by atoms with E-state index in [2.05, 4.69) is 5.32 Å². The number of nitrogens with zero attached hydrogens (tertiary/aromatic N) is 1. The summed E-state index contributed by atoms with van der Waals surface area (Å²) in [5.41, 5.74) is 1.07. The highest BCUT2D eigenvalue weighted by Crippen LogP contribution is 2.29. The molecule has 0 saturated heterocycles. The van der Waals surface area contributed by atoms with E-state index in [-0.39, 0.29) is 11.4 Å². The lowest BCUT2D eigenvalue weighted by Crippen LogP contribution is -2.10. The third kappa shape index (κ3) is 3.28. The summed E-state index contributed by atoms with van der Waals surface area (Å²) in [5, 5.41) is 13.8. The molecule has 3 rings (SSSR count). The van der Waals surface area contributed by atoms with Gasteiger partial charge in [0.05, 0.1) is 9.95 Å². The number of rotatable bonds is 4. The lowest BCUT2D eigenvalue weighted by Gasteiger charge is -2.03. The van der Waals surface area contributed by atoms with Crippen molar-refractivity contribution in [3.63, 3.8) is 0 Å². The van der Waals surface area contributed by atoms with Crippen molar-refractivity contribution in [3.05, 3.63) is 81.6 Å². The highest BCUT2D eigenvalue weighted by molar-refractivity contribution is 6.33. The Morgan fingerprint density at radius 1 is 1.04 bits per heavy atom. The van der Waals surface area contributed by atoms with Gasteiger partial charge in [-0.1, -0.05) is 23.7 Å². The van der Waals surface area contributed by atoms with Crippen molar-refractivity contribution in [2.24, 2.45) is 0 Å². The molecule has 0 saturated carbocycles. The van der Waals surface area contributed by atoms with E-state index in [4.69, 9.17) is 16.0 Å². The van der Waals surface area contributed by atoms with Crippen LogP contribution in [0.5, 0.6) is 0 Å². The molecule has 24 heavy (non-hydrogen) atoms. The second-order valence-corrected chi connectivity index (χ2v) is 5.31. The van der Waals surface area contributed by atoms with Gasteiger partial charge in [0.15, 0.2) is 5.76 Å². The molecule has 2 aromatic carbocycles. The van der Waals surface area contributed by atoms with E-state index in [1.807, 2.05) is 6.07 Å². The van der Waals surface area contributed by atoms with Crippen LogP contribution in [0.3, 0.4) is 0 Å². The van der Waals surface area contributed by atoms with Crippen LogP contribution in [0, 0.1) is 10.1 Å². The van der Waals surface area contributed by atoms with E-state index in [1.54, 1.807) is 30.3 Å². The molecular formula is C17H11ClN2O4. The van der Waals surface area contributed by atoms with Crippen molar-refractivity contribution < 1.29 is 14.1 Å². The molecule has 120 valence electrons. The number of carbonyl (C=O) groups is 1. The number of nitro groups is 1. The first-order valence-corrected chi connectivity index (χ1v) is 7.33. The first-order chi connectivity index (χ1) is 11.5. The van der Waals surface area contributed by atoms with E-state index in [0.29, 0.717) is 22.0 Å². The van der Waals surface area contributed by atoms with Crippen LogP contribution in [0.2, 0.25) is 5.02 Å². The van der Waals surface area contributed by atoms with Crippen molar-refractivity contribution in [3.8, 4) is 11.3 Å². The van der Waals surface area contributed by atoms with Crippen LogP contribution in [-0.4, -0.2) is 10.8 Å². The maximum Gasteiger partial charge on any atom is 0.291 e. The minimum Gasteiger partial charge on any atom is -0.451 e. The summed E-state index contributed by atoms with van der Waals surface area (Å²) in [6.45, 7) is 0. The zero-order chi connectivity index (χ0) is 17.1. The number of hydrogen-bond donors (Lipinski definition) is 1. The molecule has 1 aromatic heterocycles. The zero-order valence-electron chi connectivity index (χ0n) is 12.2. The van der Waals surface area contributed by atoms with Crippen molar-refractivity contribution in [2.75, 3.05) is 5.32 Å². The number of non-ortho nitro benzene ring substituents is 1.